The third kappa shape index (κ3) is 2.94. The molecule has 0 saturated carbocycles. The summed E-state index contributed by atoms with van der Waals surface area (Å²) in [6.07, 6.45) is 1.44. The summed E-state index contributed by atoms with van der Waals surface area (Å²) < 4.78 is 29.5. The Morgan fingerprint density at radius 3 is 2.17 bits per heavy atom. The highest BCUT2D eigenvalue weighted by Gasteiger charge is 2.28. The average Bonchev–Trinajstić information content (AvgIpc) is 3.22. The molecule has 0 N–H and O–H groups in total. The number of benzene rings is 3. The molecule has 5 nitrogen and oxygen atoms in total. The second kappa shape index (κ2) is 6.62. The number of ether oxygens (including phenoxy) is 5. The summed E-state index contributed by atoms with van der Waals surface area (Å²) in [5.41, 5.74) is 3.29. The number of hydrogen-bond acceptors (Lipinski definition) is 5. The second-order valence-corrected chi connectivity index (χ2v) is 7.43. The van der Waals surface area contributed by atoms with Crippen LogP contribution in [0.4, 0.5) is 0 Å². The van der Waals surface area contributed by atoms with Gasteiger partial charge in [0.2, 0.25) is 0 Å². The molecule has 146 valence electrons. The fraction of sp³-hybridized carbons (Fsp3) is 0.250. The molecule has 3 aromatic rings. The number of fused-ring (bicyclic) bond motifs is 3. The van der Waals surface area contributed by atoms with E-state index in [1.165, 1.54) is 5.56 Å². The van der Waals surface area contributed by atoms with Crippen LogP contribution in [0.15, 0.2) is 60.7 Å². The van der Waals surface area contributed by atoms with Crippen molar-refractivity contribution < 1.29 is 23.7 Å². The SMILES string of the molecule is c1ccc2c(c1)OC(c1ccc3c(c1)CCC(c1ccc4c(c1)OCCO4)O3)O2. The van der Waals surface area contributed by atoms with E-state index in [9.17, 15) is 0 Å². The van der Waals surface area contributed by atoms with E-state index in [0.29, 0.717) is 13.2 Å². The summed E-state index contributed by atoms with van der Waals surface area (Å²) in [6.45, 7) is 1.18. The zero-order valence-electron chi connectivity index (χ0n) is 15.8. The largest absolute Gasteiger partial charge is 0.486 e. The van der Waals surface area contributed by atoms with Gasteiger partial charge in [0, 0.05) is 5.56 Å². The Hall–Kier alpha value is -3.34. The molecule has 0 radical (unpaired) electrons. The smallest absolute Gasteiger partial charge is 0.267 e. The fourth-order valence-electron chi connectivity index (χ4n) is 4.09. The molecule has 6 rings (SSSR count). The van der Waals surface area contributed by atoms with Crippen molar-refractivity contribution in [3.63, 3.8) is 0 Å². The summed E-state index contributed by atoms with van der Waals surface area (Å²) >= 11 is 0. The standard InChI is InChI=1S/C24H20O5/c1-2-4-22-21(3-1)28-24(29-22)17-7-9-18-15(13-17)5-8-19(27-18)16-6-10-20-23(14-16)26-12-11-25-20/h1-4,6-7,9-10,13-14,19,24H,5,8,11-12H2. The van der Waals surface area contributed by atoms with Gasteiger partial charge in [-0.3, -0.25) is 0 Å². The van der Waals surface area contributed by atoms with E-state index in [0.717, 1.165) is 52.7 Å². The van der Waals surface area contributed by atoms with Gasteiger partial charge in [-0.1, -0.05) is 18.2 Å². The first kappa shape index (κ1) is 16.6. The first-order chi connectivity index (χ1) is 14.3. The molecule has 0 aromatic heterocycles. The third-order valence-electron chi connectivity index (χ3n) is 5.56. The first-order valence-electron chi connectivity index (χ1n) is 9.95. The molecule has 0 aliphatic carbocycles. The minimum atomic E-state index is -0.409. The van der Waals surface area contributed by atoms with Crippen LogP contribution in [0.3, 0.4) is 0 Å². The molecule has 0 fully saturated rings. The Morgan fingerprint density at radius 2 is 1.34 bits per heavy atom. The van der Waals surface area contributed by atoms with Crippen molar-refractivity contribution in [2.24, 2.45) is 0 Å². The quantitative estimate of drug-likeness (QED) is 0.619. The van der Waals surface area contributed by atoms with Crippen molar-refractivity contribution in [1.82, 2.24) is 0 Å². The van der Waals surface area contributed by atoms with Crippen LogP contribution in [-0.2, 0) is 6.42 Å². The van der Waals surface area contributed by atoms with Crippen molar-refractivity contribution in [3.05, 3.63) is 77.4 Å². The molecule has 3 aliphatic heterocycles. The number of hydrogen-bond donors (Lipinski definition) is 0. The van der Waals surface area contributed by atoms with E-state index >= 15 is 0 Å². The molecule has 1 atom stereocenters. The molecule has 3 aromatic carbocycles. The molecule has 3 aliphatic rings. The number of aryl methyl sites for hydroxylation is 1. The zero-order chi connectivity index (χ0) is 19.2. The van der Waals surface area contributed by atoms with Gasteiger partial charge in [0.05, 0.1) is 0 Å². The zero-order valence-corrected chi connectivity index (χ0v) is 15.8. The second-order valence-electron chi connectivity index (χ2n) is 7.43. The van der Waals surface area contributed by atoms with Gasteiger partial charge < -0.3 is 23.7 Å². The summed E-state index contributed by atoms with van der Waals surface area (Å²) in [6, 6.07) is 20.0. The van der Waals surface area contributed by atoms with E-state index in [4.69, 9.17) is 23.7 Å². The predicted octanol–water partition coefficient (Wildman–Crippen LogP) is 4.99. The number of para-hydroxylation sites is 2. The van der Waals surface area contributed by atoms with Gasteiger partial charge in [-0.15, -0.1) is 0 Å². The summed E-state index contributed by atoms with van der Waals surface area (Å²) in [4.78, 5) is 0. The maximum absolute atomic E-state index is 6.31. The monoisotopic (exact) mass is 388 g/mol. The van der Waals surface area contributed by atoms with Gasteiger partial charge in [0.1, 0.15) is 25.1 Å². The van der Waals surface area contributed by atoms with Gasteiger partial charge >= 0.3 is 0 Å². The van der Waals surface area contributed by atoms with Crippen LogP contribution in [0.25, 0.3) is 0 Å². The molecule has 1 unspecified atom stereocenters. The van der Waals surface area contributed by atoms with Crippen molar-refractivity contribution in [2.75, 3.05) is 13.2 Å². The van der Waals surface area contributed by atoms with E-state index in [-0.39, 0.29) is 6.10 Å². The Labute approximate surface area is 168 Å². The van der Waals surface area contributed by atoms with Crippen molar-refractivity contribution in [3.8, 4) is 28.7 Å². The van der Waals surface area contributed by atoms with Crippen molar-refractivity contribution >= 4 is 0 Å². The van der Waals surface area contributed by atoms with Gasteiger partial charge in [-0.2, -0.15) is 0 Å². The lowest BCUT2D eigenvalue weighted by atomic mass is 9.96. The highest BCUT2D eigenvalue weighted by Crippen LogP contribution is 2.43. The lowest BCUT2D eigenvalue weighted by Crippen LogP contribution is -2.18. The van der Waals surface area contributed by atoms with Gasteiger partial charge in [0.25, 0.3) is 6.29 Å². The predicted molar refractivity (Wildman–Crippen MR) is 106 cm³/mol. The summed E-state index contributed by atoms with van der Waals surface area (Å²) in [5, 5.41) is 0. The molecule has 5 heteroatoms. The van der Waals surface area contributed by atoms with Crippen molar-refractivity contribution in [1.29, 1.82) is 0 Å². The molecule has 29 heavy (non-hydrogen) atoms. The highest BCUT2D eigenvalue weighted by molar-refractivity contribution is 5.47. The van der Waals surface area contributed by atoms with Crippen LogP contribution in [0, 0.1) is 0 Å². The maximum atomic E-state index is 6.31. The summed E-state index contributed by atoms with van der Waals surface area (Å²) in [5.74, 6) is 4.08. The van der Waals surface area contributed by atoms with Crippen LogP contribution in [0.2, 0.25) is 0 Å². The molecule has 3 heterocycles. The minimum absolute atomic E-state index is 0.00686. The van der Waals surface area contributed by atoms with E-state index in [1.54, 1.807) is 0 Å². The van der Waals surface area contributed by atoms with Crippen LogP contribution < -0.4 is 23.7 Å². The Morgan fingerprint density at radius 1 is 0.621 bits per heavy atom. The Balaban J connectivity index is 1.22. The molecular weight excluding hydrogens is 368 g/mol. The molecule has 0 amide bonds. The van der Waals surface area contributed by atoms with E-state index in [2.05, 4.69) is 12.1 Å². The van der Waals surface area contributed by atoms with E-state index in [1.807, 2.05) is 48.5 Å². The summed E-state index contributed by atoms with van der Waals surface area (Å²) in [7, 11) is 0. The highest BCUT2D eigenvalue weighted by atomic mass is 16.7. The number of rotatable bonds is 2. The van der Waals surface area contributed by atoms with Crippen LogP contribution in [-0.4, -0.2) is 13.2 Å². The first-order valence-corrected chi connectivity index (χ1v) is 9.95. The topological polar surface area (TPSA) is 46.2 Å². The van der Waals surface area contributed by atoms with E-state index < -0.39 is 6.29 Å². The molecule has 0 saturated heterocycles. The van der Waals surface area contributed by atoms with Gasteiger partial charge in [-0.05, 0) is 66.4 Å². The molecule has 0 bridgehead atoms. The molecular formula is C24H20O5. The maximum Gasteiger partial charge on any atom is 0.267 e. The van der Waals surface area contributed by atoms with Crippen LogP contribution in [0.1, 0.15) is 35.5 Å². The van der Waals surface area contributed by atoms with Crippen LogP contribution >= 0.6 is 0 Å². The lowest BCUT2D eigenvalue weighted by molar-refractivity contribution is 0.0484. The van der Waals surface area contributed by atoms with Gasteiger partial charge in [-0.25, -0.2) is 0 Å². The fourth-order valence-corrected chi connectivity index (χ4v) is 4.09. The van der Waals surface area contributed by atoms with Gasteiger partial charge in [0.15, 0.2) is 23.0 Å². The van der Waals surface area contributed by atoms with Crippen molar-refractivity contribution in [2.45, 2.75) is 25.2 Å². The Bertz CT molecular complexity index is 1050. The Kier molecular flexibility index (Phi) is 3.79. The minimum Gasteiger partial charge on any atom is -0.486 e. The molecule has 0 spiro atoms. The average molecular weight is 388 g/mol. The normalized spacial score (nSPS) is 19.4. The van der Waals surface area contributed by atoms with Crippen LogP contribution in [0.5, 0.6) is 28.7 Å². The lowest BCUT2D eigenvalue weighted by Gasteiger charge is -2.28. The third-order valence-corrected chi connectivity index (χ3v) is 5.56.